The number of nitrogens with one attached hydrogen (secondary N) is 1. The van der Waals surface area contributed by atoms with Gasteiger partial charge in [-0.05, 0) is 38.0 Å². The Bertz CT molecular complexity index is 336. The molecule has 1 aliphatic carbocycles. The number of carbonyl (C=O) groups is 2. The third-order valence-corrected chi connectivity index (χ3v) is 4.46. The molecule has 0 unspecified atom stereocenters. The highest BCUT2D eigenvalue weighted by Crippen LogP contribution is 2.38. The summed E-state index contributed by atoms with van der Waals surface area (Å²) in [4.78, 5) is 25.1. The summed E-state index contributed by atoms with van der Waals surface area (Å²) in [5.74, 6) is -0.189. The van der Waals surface area contributed by atoms with Crippen molar-refractivity contribution in [2.75, 3.05) is 20.1 Å². The smallest absolute Gasteiger partial charge is 0.317 e. The Labute approximate surface area is 121 Å². The van der Waals surface area contributed by atoms with E-state index in [1.165, 1.54) is 0 Å². The Balaban J connectivity index is 2.51. The van der Waals surface area contributed by atoms with Gasteiger partial charge in [0.25, 0.3) is 0 Å². The molecule has 0 bridgehead atoms. The highest BCUT2D eigenvalue weighted by molar-refractivity contribution is 5.78. The molecular weight excluding hydrogens is 256 g/mol. The number of hydrogen-bond donors (Lipinski definition) is 2. The van der Waals surface area contributed by atoms with Crippen molar-refractivity contribution in [3.05, 3.63) is 0 Å². The van der Waals surface area contributed by atoms with Gasteiger partial charge in [-0.1, -0.05) is 20.3 Å². The molecule has 5 nitrogen and oxygen atoms in total. The number of hydrogen-bond acceptors (Lipinski definition) is 2. The van der Waals surface area contributed by atoms with Crippen molar-refractivity contribution in [2.45, 2.75) is 52.4 Å². The first-order valence-corrected chi connectivity index (χ1v) is 7.63. The average Bonchev–Trinajstić information content (AvgIpc) is 2.43. The second-order valence-electron chi connectivity index (χ2n) is 6.20. The molecule has 0 atom stereocenters. The Hall–Kier alpha value is -1.26. The van der Waals surface area contributed by atoms with Crippen molar-refractivity contribution >= 4 is 12.0 Å². The lowest BCUT2D eigenvalue weighted by Crippen LogP contribution is -2.48. The lowest BCUT2D eigenvalue weighted by molar-refractivity contribution is -0.151. The van der Waals surface area contributed by atoms with Crippen LogP contribution in [-0.4, -0.2) is 42.1 Å². The van der Waals surface area contributed by atoms with Crippen LogP contribution in [0.4, 0.5) is 4.79 Å². The summed E-state index contributed by atoms with van der Waals surface area (Å²) in [7, 11) is 1.75. The molecular formula is C15H28N2O3. The Morgan fingerprint density at radius 3 is 2.45 bits per heavy atom. The molecule has 2 N–H and O–H groups in total. The minimum atomic E-state index is -0.777. The predicted molar refractivity (Wildman–Crippen MR) is 78.6 cm³/mol. The molecule has 20 heavy (non-hydrogen) atoms. The minimum Gasteiger partial charge on any atom is -0.481 e. The number of carbonyl (C=O) groups excluding carboxylic acids is 1. The van der Waals surface area contributed by atoms with E-state index in [9.17, 15) is 14.7 Å². The quantitative estimate of drug-likeness (QED) is 0.788. The van der Waals surface area contributed by atoms with Crippen molar-refractivity contribution in [1.82, 2.24) is 10.2 Å². The number of rotatable bonds is 6. The molecule has 0 aromatic rings. The first kappa shape index (κ1) is 16.8. The molecule has 0 heterocycles. The molecule has 116 valence electrons. The highest BCUT2D eigenvalue weighted by Gasteiger charge is 2.41. The molecule has 1 fully saturated rings. The summed E-state index contributed by atoms with van der Waals surface area (Å²) in [6.45, 7) is 5.18. The lowest BCUT2D eigenvalue weighted by atomic mass is 9.71. The Morgan fingerprint density at radius 1 is 1.35 bits per heavy atom. The number of unbranched alkanes of at least 4 members (excludes halogenated alkanes) is 1. The zero-order valence-corrected chi connectivity index (χ0v) is 12.9. The molecule has 0 spiro atoms. The minimum absolute atomic E-state index is 0.169. The predicted octanol–water partition coefficient (Wildman–Crippen LogP) is 2.71. The molecule has 5 heteroatoms. The van der Waals surface area contributed by atoms with Crippen molar-refractivity contribution in [2.24, 2.45) is 11.3 Å². The van der Waals surface area contributed by atoms with Crippen LogP contribution < -0.4 is 5.32 Å². The summed E-state index contributed by atoms with van der Waals surface area (Å²) >= 11 is 0. The van der Waals surface area contributed by atoms with Gasteiger partial charge in [-0.3, -0.25) is 4.79 Å². The van der Waals surface area contributed by atoms with Crippen LogP contribution >= 0.6 is 0 Å². The topological polar surface area (TPSA) is 69.6 Å². The third-order valence-electron chi connectivity index (χ3n) is 4.46. The van der Waals surface area contributed by atoms with E-state index in [2.05, 4.69) is 19.2 Å². The van der Waals surface area contributed by atoms with Gasteiger partial charge in [-0.25, -0.2) is 4.79 Å². The van der Waals surface area contributed by atoms with Crippen molar-refractivity contribution < 1.29 is 14.7 Å². The Kier molecular flexibility index (Phi) is 6.30. The van der Waals surface area contributed by atoms with E-state index in [1.54, 1.807) is 11.9 Å². The zero-order chi connectivity index (χ0) is 15.2. The normalized spacial score (nSPS) is 26.1. The molecule has 0 saturated heterocycles. The monoisotopic (exact) mass is 284 g/mol. The van der Waals surface area contributed by atoms with Gasteiger partial charge in [-0.2, -0.15) is 0 Å². The van der Waals surface area contributed by atoms with Gasteiger partial charge in [-0.15, -0.1) is 0 Å². The van der Waals surface area contributed by atoms with E-state index in [-0.39, 0.29) is 12.6 Å². The standard InChI is InChI=1S/C15H28N2O3/c1-4-5-10-17(3)14(20)16-11-15(13(18)19)8-6-12(2)7-9-15/h12H,4-11H2,1-3H3,(H,16,20)(H,18,19). The maximum atomic E-state index is 11.9. The maximum Gasteiger partial charge on any atom is 0.317 e. The zero-order valence-electron chi connectivity index (χ0n) is 12.9. The number of carboxylic acids is 1. The molecule has 0 aromatic heterocycles. The summed E-state index contributed by atoms with van der Waals surface area (Å²) in [5.41, 5.74) is -0.770. The molecule has 1 rings (SSSR count). The fourth-order valence-corrected chi connectivity index (χ4v) is 2.66. The summed E-state index contributed by atoms with van der Waals surface area (Å²) in [6, 6.07) is -0.169. The largest absolute Gasteiger partial charge is 0.481 e. The van der Waals surface area contributed by atoms with Crippen LogP contribution in [0.15, 0.2) is 0 Å². The highest BCUT2D eigenvalue weighted by atomic mass is 16.4. The molecule has 1 aliphatic rings. The Morgan fingerprint density at radius 2 is 1.95 bits per heavy atom. The van der Waals surface area contributed by atoms with E-state index in [0.717, 1.165) is 25.7 Å². The second kappa shape index (κ2) is 7.50. The number of aliphatic carboxylic acids is 1. The number of amides is 2. The molecule has 0 radical (unpaired) electrons. The van der Waals surface area contributed by atoms with Crippen LogP contribution in [0, 0.1) is 11.3 Å². The van der Waals surface area contributed by atoms with Crippen molar-refractivity contribution in [3.63, 3.8) is 0 Å². The maximum absolute atomic E-state index is 11.9. The SMILES string of the molecule is CCCCN(C)C(=O)NCC1(C(=O)O)CCC(C)CC1. The van der Waals surface area contributed by atoms with Crippen molar-refractivity contribution in [1.29, 1.82) is 0 Å². The van der Waals surface area contributed by atoms with Crippen LogP contribution in [0.5, 0.6) is 0 Å². The van der Waals surface area contributed by atoms with Gasteiger partial charge in [0.2, 0.25) is 0 Å². The van der Waals surface area contributed by atoms with Crippen LogP contribution in [0.3, 0.4) is 0 Å². The van der Waals surface area contributed by atoms with Crippen LogP contribution in [0.25, 0.3) is 0 Å². The van der Waals surface area contributed by atoms with E-state index in [1.807, 2.05) is 0 Å². The second-order valence-corrected chi connectivity index (χ2v) is 6.20. The van der Waals surface area contributed by atoms with Gasteiger partial charge in [0.05, 0.1) is 5.41 Å². The molecule has 0 aromatic carbocycles. The summed E-state index contributed by atoms with van der Waals surface area (Å²) in [6.07, 6.45) is 5.16. The van der Waals surface area contributed by atoms with E-state index < -0.39 is 11.4 Å². The third kappa shape index (κ3) is 4.39. The van der Waals surface area contributed by atoms with Crippen molar-refractivity contribution in [3.8, 4) is 0 Å². The van der Waals surface area contributed by atoms with E-state index in [4.69, 9.17) is 0 Å². The first-order chi connectivity index (χ1) is 9.41. The van der Waals surface area contributed by atoms with Crippen LogP contribution in [-0.2, 0) is 4.79 Å². The summed E-state index contributed by atoms with van der Waals surface area (Å²) < 4.78 is 0. The van der Waals surface area contributed by atoms with Gasteiger partial charge >= 0.3 is 12.0 Å². The fraction of sp³-hybridized carbons (Fsp3) is 0.867. The number of urea groups is 1. The fourth-order valence-electron chi connectivity index (χ4n) is 2.66. The molecule has 1 saturated carbocycles. The van der Waals surface area contributed by atoms with Gasteiger partial charge in [0.1, 0.15) is 0 Å². The first-order valence-electron chi connectivity index (χ1n) is 7.63. The van der Waals surface area contributed by atoms with E-state index in [0.29, 0.717) is 25.3 Å². The number of carboxylic acid groups (broad SMARTS) is 1. The average molecular weight is 284 g/mol. The summed E-state index contributed by atoms with van der Waals surface area (Å²) in [5, 5.41) is 12.3. The molecule has 2 amide bonds. The van der Waals surface area contributed by atoms with E-state index >= 15 is 0 Å². The van der Waals surface area contributed by atoms with Gasteiger partial charge < -0.3 is 15.3 Å². The number of nitrogens with zero attached hydrogens (tertiary/aromatic N) is 1. The lowest BCUT2D eigenvalue weighted by Gasteiger charge is -2.36. The van der Waals surface area contributed by atoms with Gasteiger partial charge in [0, 0.05) is 20.1 Å². The van der Waals surface area contributed by atoms with Crippen LogP contribution in [0.1, 0.15) is 52.4 Å². The van der Waals surface area contributed by atoms with Crippen LogP contribution in [0.2, 0.25) is 0 Å². The van der Waals surface area contributed by atoms with Gasteiger partial charge in [0.15, 0.2) is 0 Å². The molecule has 0 aliphatic heterocycles.